The molecule has 0 radical (unpaired) electrons. The van der Waals surface area contributed by atoms with Crippen LogP contribution in [0.25, 0.3) is 0 Å². The van der Waals surface area contributed by atoms with Gasteiger partial charge in [-0.05, 0) is 43.0 Å². The normalized spacial score (nSPS) is 23.5. The minimum atomic E-state index is -3.94. The molecule has 2 aliphatic heterocycles. The van der Waals surface area contributed by atoms with Gasteiger partial charge in [-0.15, -0.1) is 6.58 Å². The number of carbonyl (C=O) groups excluding carboxylic acids is 6. The number of amides is 5. The second-order valence-electron chi connectivity index (χ2n) is 13.0. The number of fused-ring (bicyclic) bond motifs is 1. The summed E-state index contributed by atoms with van der Waals surface area (Å²) in [5.74, 6) is -4.97. The number of halogens is 1. The van der Waals surface area contributed by atoms with Crippen LogP contribution in [-0.4, -0.2) is 89.9 Å². The van der Waals surface area contributed by atoms with Crippen molar-refractivity contribution < 1.29 is 51.0 Å². The minimum Gasteiger partial charge on any atom is -0.444 e. The fraction of sp³-hybridized carbons (Fsp3) is 0.412. The first-order valence-electron chi connectivity index (χ1n) is 16.3. The Kier molecular flexibility index (Phi) is 9.59. The Bertz CT molecular complexity index is 1930. The third kappa shape index (κ3) is 7.43. The molecule has 2 aromatic rings. The van der Waals surface area contributed by atoms with E-state index in [9.17, 15) is 41.6 Å². The summed E-state index contributed by atoms with van der Waals surface area (Å²) in [7, 11) is -3.94. The molecular formula is C34H36FN5O10S. The summed E-state index contributed by atoms with van der Waals surface area (Å²) in [4.78, 5) is 80.8. The number of carbonyl (C=O) groups is 6. The second-order valence-corrected chi connectivity index (χ2v) is 15.0. The number of sulfonamides is 1. The second kappa shape index (κ2) is 13.8. The van der Waals surface area contributed by atoms with Crippen molar-refractivity contribution in [2.45, 2.75) is 68.6 Å². The van der Waals surface area contributed by atoms with Gasteiger partial charge >= 0.3 is 12.1 Å². The van der Waals surface area contributed by atoms with Gasteiger partial charge in [0.2, 0.25) is 21.8 Å². The number of hydrogen-bond donors (Lipinski definition) is 3. The SMILES string of the molecule is C=C[C@@H]1C[C@]1(NC(=O)[C@@H]1CC(OC(=O)N2Cc3cccc(F)c3C2)CN1C(=O)CNC(=O)c1ccccc1OC(C)=O)C(=O)NS(=O)(=O)C1CC1. The highest BCUT2D eigenvalue weighted by molar-refractivity contribution is 7.91. The molecule has 4 aliphatic rings. The molecule has 5 amide bonds. The monoisotopic (exact) mass is 725 g/mol. The zero-order chi connectivity index (χ0) is 36.7. The zero-order valence-electron chi connectivity index (χ0n) is 27.6. The Balaban J connectivity index is 1.17. The fourth-order valence-corrected chi connectivity index (χ4v) is 7.77. The average molecular weight is 726 g/mol. The number of ether oxygens (including phenoxy) is 2. The predicted octanol–water partition coefficient (Wildman–Crippen LogP) is 1.27. The van der Waals surface area contributed by atoms with Crippen molar-refractivity contribution in [2.24, 2.45) is 5.92 Å². The van der Waals surface area contributed by atoms with E-state index in [1.165, 1.54) is 48.2 Å². The van der Waals surface area contributed by atoms with Crippen molar-refractivity contribution in [3.05, 3.63) is 77.6 Å². The number of hydrogen-bond acceptors (Lipinski definition) is 10. The quantitative estimate of drug-likeness (QED) is 0.172. The van der Waals surface area contributed by atoms with Gasteiger partial charge in [-0.1, -0.05) is 30.3 Å². The standard InChI is InChI=1S/C34H36FN5O10S/c1-3-21-14-34(21,32(45)38-51(47,48)23-11-12-23)37-31(44)27-13-22(50-33(46)39-16-20-7-6-9-26(35)25(20)18-39)17-40(27)29(42)15-36-30(43)24-8-4-5-10-28(24)49-19(2)41/h3-10,21-23,27H,1,11-18H2,2H3,(H,36,43)(H,37,44)(H,38,45)/t21-,22?,27+,34-/m1/s1. The van der Waals surface area contributed by atoms with Crippen molar-refractivity contribution in [3.63, 3.8) is 0 Å². The third-order valence-electron chi connectivity index (χ3n) is 9.37. The van der Waals surface area contributed by atoms with Crippen molar-refractivity contribution in [1.82, 2.24) is 25.2 Å². The number of nitrogens with one attached hydrogen (secondary N) is 3. The van der Waals surface area contributed by atoms with Gasteiger partial charge in [-0.3, -0.25) is 33.6 Å². The van der Waals surface area contributed by atoms with Gasteiger partial charge < -0.3 is 25.0 Å². The summed E-state index contributed by atoms with van der Waals surface area (Å²) in [6.07, 6.45) is 0.309. The van der Waals surface area contributed by atoms with Crippen LogP contribution in [0.15, 0.2) is 55.1 Å². The molecule has 15 nitrogen and oxygen atoms in total. The Labute approximate surface area is 292 Å². The third-order valence-corrected chi connectivity index (χ3v) is 11.2. The summed E-state index contributed by atoms with van der Waals surface area (Å²) >= 11 is 0. The zero-order valence-corrected chi connectivity index (χ0v) is 28.4. The van der Waals surface area contributed by atoms with Gasteiger partial charge in [-0.25, -0.2) is 17.6 Å². The first kappa shape index (κ1) is 35.5. The molecule has 3 fully saturated rings. The Morgan fingerprint density at radius 3 is 2.47 bits per heavy atom. The minimum absolute atomic E-state index is 0.0237. The fourth-order valence-electron chi connectivity index (χ4n) is 6.40. The molecule has 17 heteroatoms. The maximum atomic E-state index is 14.3. The first-order valence-corrected chi connectivity index (χ1v) is 17.8. The average Bonchev–Trinajstić information content (AvgIpc) is 3.97. The molecule has 270 valence electrons. The summed E-state index contributed by atoms with van der Waals surface area (Å²) < 4.78 is 52.3. The van der Waals surface area contributed by atoms with E-state index in [2.05, 4.69) is 21.9 Å². The van der Waals surface area contributed by atoms with Crippen LogP contribution in [0.1, 0.15) is 54.1 Å². The number of rotatable bonds is 11. The van der Waals surface area contributed by atoms with Crippen molar-refractivity contribution in [1.29, 1.82) is 0 Å². The highest BCUT2D eigenvalue weighted by atomic mass is 32.2. The number of benzene rings is 2. The van der Waals surface area contributed by atoms with Crippen molar-refractivity contribution in [3.8, 4) is 5.75 Å². The predicted molar refractivity (Wildman–Crippen MR) is 175 cm³/mol. The van der Waals surface area contributed by atoms with E-state index in [1.807, 2.05) is 0 Å². The summed E-state index contributed by atoms with van der Waals surface area (Å²) in [5, 5.41) is 4.39. The topological polar surface area (TPSA) is 198 Å². The highest BCUT2D eigenvalue weighted by Crippen LogP contribution is 2.45. The van der Waals surface area contributed by atoms with Crippen molar-refractivity contribution in [2.75, 3.05) is 13.1 Å². The lowest BCUT2D eigenvalue weighted by molar-refractivity contribution is -0.139. The number of para-hydroxylation sites is 1. The molecule has 2 aliphatic carbocycles. The highest BCUT2D eigenvalue weighted by Gasteiger charge is 2.62. The molecule has 2 aromatic carbocycles. The van der Waals surface area contributed by atoms with Crippen molar-refractivity contribution >= 4 is 45.7 Å². The molecule has 51 heavy (non-hydrogen) atoms. The van der Waals surface area contributed by atoms with Gasteiger partial charge in [-0.2, -0.15) is 0 Å². The van der Waals surface area contributed by atoms with Gasteiger partial charge in [0, 0.05) is 31.4 Å². The van der Waals surface area contributed by atoms with Crippen LogP contribution in [0.5, 0.6) is 5.75 Å². The molecule has 1 saturated heterocycles. The number of likely N-dealkylation sites (tertiary alicyclic amines) is 1. The molecule has 4 atom stereocenters. The molecule has 0 aromatic heterocycles. The Hall–Kier alpha value is -5.32. The number of esters is 1. The van der Waals surface area contributed by atoms with E-state index in [-0.39, 0.29) is 43.8 Å². The summed E-state index contributed by atoms with van der Waals surface area (Å²) in [6.45, 7) is 4.03. The molecule has 2 saturated carbocycles. The maximum Gasteiger partial charge on any atom is 0.410 e. The van der Waals surface area contributed by atoms with Gasteiger partial charge in [0.1, 0.15) is 29.3 Å². The molecule has 6 rings (SSSR count). The molecule has 0 bridgehead atoms. The maximum absolute atomic E-state index is 14.3. The smallest absolute Gasteiger partial charge is 0.410 e. The Morgan fingerprint density at radius 1 is 1.06 bits per heavy atom. The Morgan fingerprint density at radius 2 is 1.80 bits per heavy atom. The molecule has 3 N–H and O–H groups in total. The summed E-state index contributed by atoms with van der Waals surface area (Å²) in [6, 6.07) is 9.09. The van der Waals surface area contributed by atoms with Crippen LogP contribution < -0.4 is 20.1 Å². The lowest BCUT2D eigenvalue weighted by Gasteiger charge is -2.26. The van der Waals surface area contributed by atoms with E-state index in [1.54, 1.807) is 12.1 Å². The van der Waals surface area contributed by atoms with E-state index in [0.29, 0.717) is 24.0 Å². The van der Waals surface area contributed by atoms with E-state index in [0.717, 1.165) is 4.90 Å². The molecule has 1 unspecified atom stereocenters. The lowest BCUT2D eigenvalue weighted by Crippen LogP contribution is -2.57. The van der Waals surface area contributed by atoms with Crippen LogP contribution in [0, 0.1) is 11.7 Å². The van der Waals surface area contributed by atoms with Gasteiger partial charge in [0.25, 0.3) is 11.8 Å². The van der Waals surface area contributed by atoms with Gasteiger partial charge in [0.05, 0.1) is 30.4 Å². The largest absolute Gasteiger partial charge is 0.444 e. The van der Waals surface area contributed by atoms with Crippen LogP contribution in [0.4, 0.5) is 9.18 Å². The van der Waals surface area contributed by atoms with Crippen LogP contribution in [-0.2, 0) is 47.0 Å². The van der Waals surface area contributed by atoms with Gasteiger partial charge in [0.15, 0.2) is 0 Å². The molecule has 2 heterocycles. The van der Waals surface area contributed by atoms with E-state index >= 15 is 0 Å². The van der Waals surface area contributed by atoms with Crippen LogP contribution in [0.2, 0.25) is 0 Å². The lowest BCUT2D eigenvalue weighted by atomic mass is 10.1. The first-order chi connectivity index (χ1) is 24.2. The molecule has 0 spiro atoms. The van der Waals surface area contributed by atoms with Crippen LogP contribution >= 0.6 is 0 Å². The summed E-state index contributed by atoms with van der Waals surface area (Å²) in [5.41, 5.74) is -0.685. The number of nitrogens with zero attached hydrogens (tertiary/aromatic N) is 2. The van der Waals surface area contributed by atoms with Crippen LogP contribution in [0.3, 0.4) is 0 Å². The molecular weight excluding hydrogens is 689 g/mol. The van der Waals surface area contributed by atoms with E-state index < -0.39 is 86.9 Å². The van der Waals surface area contributed by atoms with E-state index in [4.69, 9.17) is 9.47 Å².